The van der Waals surface area contributed by atoms with Crippen LogP contribution in [-0.4, -0.2) is 62.7 Å². The number of carbonyl (C=O) groups is 1. The van der Waals surface area contributed by atoms with E-state index in [4.69, 9.17) is 9.72 Å². The smallest absolute Gasteiger partial charge is 0.243 e. The summed E-state index contributed by atoms with van der Waals surface area (Å²) >= 11 is 0. The second-order valence-electron chi connectivity index (χ2n) is 8.20. The van der Waals surface area contributed by atoms with Gasteiger partial charge in [0.1, 0.15) is 6.33 Å². The summed E-state index contributed by atoms with van der Waals surface area (Å²) in [4.78, 5) is 23.1. The number of fused-ring (bicyclic) bond motifs is 1. The van der Waals surface area contributed by atoms with Gasteiger partial charge in [-0.1, -0.05) is 36.9 Å². The lowest BCUT2D eigenvalue weighted by atomic mass is 10.1. The molecule has 5 rings (SSSR count). The Morgan fingerprint density at radius 3 is 2.97 bits per heavy atom. The van der Waals surface area contributed by atoms with E-state index in [2.05, 4.69) is 50.4 Å². The molecule has 1 amide bonds. The zero-order chi connectivity index (χ0) is 23.3. The summed E-state index contributed by atoms with van der Waals surface area (Å²) in [5, 5.41) is 10.7. The van der Waals surface area contributed by atoms with Gasteiger partial charge in [0, 0.05) is 36.9 Å². The summed E-state index contributed by atoms with van der Waals surface area (Å²) in [5.74, 6) is 0.476. The first-order chi connectivity index (χ1) is 16.7. The van der Waals surface area contributed by atoms with E-state index in [-0.39, 0.29) is 11.9 Å². The van der Waals surface area contributed by atoms with Gasteiger partial charge in [0.2, 0.25) is 5.91 Å². The predicted molar refractivity (Wildman–Crippen MR) is 130 cm³/mol. The fraction of sp³-hybridized carbons (Fsp3) is 0.280. The molecule has 1 aliphatic heterocycles. The third-order valence-electron chi connectivity index (χ3n) is 5.92. The maximum atomic E-state index is 11.5. The molecular weight excluding hydrogens is 430 g/mol. The largest absolute Gasteiger partial charge is 0.378 e. The Bertz CT molecular complexity index is 1260. The Morgan fingerprint density at radius 1 is 1.29 bits per heavy atom. The second-order valence-corrected chi connectivity index (χ2v) is 8.20. The summed E-state index contributed by atoms with van der Waals surface area (Å²) in [6, 6.07) is 8.02. The Kier molecular flexibility index (Phi) is 6.35. The minimum atomic E-state index is -0.203. The first-order valence-electron chi connectivity index (χ1n) is 11.4. The number of nitrogens with zero attached hydrogens (tertiary/aromatic N) is 5. The highest BCUT2D eigenvalue weighted by molar-refractivity contribution is 5.86. The van der Waals surface area contributed by atoms with Crippen molar-refractivity contribution in [2.75, 3.05) is 31.6 Å². The fourth-order valence-electron chi connectivity index (χ4n) is 4.11. The zero-order valence-electron chi connectivity index (χ0n) is 18.9. The molecule has 34 heavy (non-hydrogen) atoms. The molecule has 1 aliphatic carbocycles. The van der Waals surface area contributed by atoms with E-state index < -0.39 is 0 Å². The number of carbonyl (C=O) groups excluding carboxylic acids is 1. The third kappa shape index (κ3) is 4.84. The van der Waals surface area contributed by atoms with Gasteiger partial charge in [0.05, 0.1) is 25.1 Å². The molecule has 1 unspecified atom stereocenters. The standard InChI is InChI=1S/C25H27N7O2/c1-2-23(33)26-15-18-4-3-5-19(14-18)22-16-32-25(27-17-28-32)24(30-22)29-20-6-8-21(9-7-20)31-10-12-34-13-11-31/h2-6,8-9,14,16-17,20H,1,7,10-13,15H2,(H,26,33)(H,29,30). The van der Waals surface area contributed by atoms with E-state index >= 15 is 0 Å². The molecular formula is C25H27N7O2. The van der Waals surface area contributed by atoms with Gasteiger partial charge in [-0.2, -0.15) is 5.10 Å². The van der Waals surface area contributed by atoms with Gasteiger partial charge in [0.25, 0.3) is 0 Å². The van der Waals surface area contributed by atoms with E-state index in [1.165, 1.54) is 18.1 Å². The van der Waals surface area contributed by atoms with E-state index in [0.29, 0.717) is 18.0 Å². The van der Waals surface area contributed by atoms with Crippen LogP contribution in [0.3, 0.4) is 0 Å². The number of allylic oxidation sites excluding steroid dienone is 1. The minimum absolute atomic E-state index is 0.105. The molecule has 1 fully saturated rings. The average Bonchev–Trinajstić information content (AvgIpc) is 3.38. The fourth-order valence-corrected chi connectivity index (χ4v) is 4.11. The van der Waals surface area contributed by atoms with Crippen LogP contribution < -0.4 is 10.6 Å². The first-order valence-corrected chi connectivity index (χ1v) is 11.4. The number of amides is 1. The number of aromatic nitrogens is 4. The van der Waals surface area contributed by atoms with Crippen molar-refractivity contribution in [2.45, 2.75) is 19.0 Å². The number of morpholine rings is 1. The summed E-state index contributed by atoms with van der Waals surface area (Å²) in [5.41, 5.74) is 4.59. The molecule has 0 saturated carbocycles. The number of rotatable bonds is 7. The van der Waals surface area contributed by atoms with Crippen molar-refractivity contribution in [1.29, 1.82) is 0 Å². The number of anilines is 1. The summed E-state index contributed by atoms with van der Waals surface area (Å²) in [6.07, 6.45) is 12.1. The molecule has 0 spiro atoms. The van der Waals surface area contributed by atoms with Crippen LogP contribution >= 0.6 is 0 Å². The van der Waals surface area contributed by atoms with Crippen LogP contribution in [0.15, 0.2) is 73.4 Å². The maximum absolute atomic E-state index is 11.5. The molecule has 3 heterocycles. The van der Waals surface area contributed by atoms with Gasteiger partial charge in [-0.3, -0.25) is 4.79 Å². The van der Waals surface area contributed by atoms with Gasteiger partial charge in [0.15, 0.2) is 11.5 Å². The Morgan fingerprint density at radius 2 is 2.18 bits per heavy atom. The van der Waals surface area contributed by atoms with Crippen molar-refractivity contribution < 1.29 is 9.53 Å². The number of benzene rings is 1. The molecule has 1 aromatic carbocycles. The van der Waals surface area contributed by atoms with Gasteiger partial charge >= 0.3 is 0 Å². The summed E-state index contributed by atoms with van der Waals surface area (Å²) in [6.45, 7) is 7.30. The van der Waals surface area contributed by atoms with Crippen molar-refractivity contribution in [1.82, 2.24) is 29.8 Å². The molecule has 2 aromatic heterocycles. The van der Waals surface area contributed by atoms with Crippen molar-refractivity contribution in [3.05, 3.63) is 78.9 Å². The molecule has 2 N–H and O–H groups in total. The highest BCUT2D eigenvalue weighted by Crippen LogP contribution is 2.25. The first kappa shape index (κ1) is 21.8. The van der Waals surface area contributed by atoms with Crippen LogP contribution in [-0.2, 0) is 16.1 Å². The zero-order valence-corrected chi connectivity index (χ0v) is 18.9. The van der Waals surface area contributed by atoms with Crippen LogP contribution in [0.5, 0.6) is 0 Å². The van der Waals surface area contributed by atoms with Crippen molar-refractivity contribution in [2.24, 2.45) is 0 Å². The Balaban J connectivity index is 1.35. The topological polar surface area (TPSA) is 96.7 Å². The van der Waals surface area contributed by atoms with E-state index in [9.17, 15) is 4.79 Å². The van der Waals surface area contributed by atoms with Gasteiger partial charge in [-0.25, -0.2) is 14.5 Å². The molecule has 2 aliphatic rings. The summed E-state index contributed by atoms with van der Waals surface area (Å²) in [7, 11) is 0. The lowest BCUT2D eigenvalue weighted by molar-refractivity contribution is -0.116. The molecule has 0 radical (unpaired) electrons. The van der Waals surface area contributed by atoms with Crippen LogP contribution in [0.4, 0.5) is 5.82 Å². The molecule has 9 nitrogen and oxygen atoms in total. The number of hydrogen-bond donors (Lipinski definition) is 2. The van der Waals surface area contributed by atoms with Crippen LogP contribution in [0, 0.1) is 0 Å². The molecule has 3 aromatic rings. The predicted octanol–water partition coefficient (Wildman–Crippen LogP) is 2.55. The Labute approximate surface area is 197 Å². The molecule has 1 atom stereocenters. The molecule has 9 heteroatoms. The van der Waals surface area contributed by atoms with Crippen LogP contribution in [0.1, 0.15) is 12.0 Å². The van der Waals surface area contributed by atoms with Crippen molar-refractivity contribution in [3.8, 4) is 11.3 Å². The summed E-state index contributed by atoms with van der Waals surface area (Å²) < 4.78 is 7.19. The van der Waals surface area contributed by atoms with Gasteiger partial charge in [-0.15, -0.1) is 0 Å². The molecule has 1 saturated heterocycles. The van der Waals surface area contributed by atoms with E-state index in [1.54, 1.807) is 4.52 Å². The molecule has 0 bridgehead atoms. The second kappa shape index (κ2) is 9.88. The number of nitrogens with one attached hydrogen (secondary N) is 2. The highest BCUT2D eigenvalue weighted by atomic mass is 16.5. The minimum Gasteiger partial charge on any atom is -0.378 e. The van der Waals surface area contributed by atoms with Crippen LogP contribution in [0.2, 0.25) is 0 Å². The van der Waals surface area contributed by atoms with Gasteiger partial charge < -0.3 is 20.3 Å². The average molecular weight is 458 g/mol. The monoisotopic (exact) mass is 457 g/mol. The highest BCUT2D eigenvalue weighted by Gasteiger charge is 2.18. The van der Waals surface area contributed by atoms with E-state index in [0.717, 1.165) is 49.5 Å². The normalized spacial score (nSPS) is 17.9. The third-order valence-corrected chi connectivity index (χ3v) is 5.92. The number of hydrogen-bond acceptors (Lipinski definition) is 7. The SMILES string of the molecule is C=CC(=O)NCc1cccc(-c2cn3ncnc3c(NC3C=CC(N4CCOCC4)=CC3)n2)c1. The number of ether oxygens (including phenoxy) is 1. The lowest BCUT2D eigenvalue weighted by Gasteiger charge is -2.31. The van der Waals surface area contributed by atoms with Crippen LogP contribution in [0.25, 0.3) is 16.9 Å². The quantitative estimate of drug-likeness (QED) is 0.527. The van der Waals surface area contributed by atoms with Crippen molar-refractivity contribution in [3.63, 3.8) is 0 Å². The Hall–Kier alpha value is -3.98. The van der Waals surface area contributed by atoms with E-state index in [1.807, 2.05) is 30.5 Å². The lowest BCUT2D eigenvalue weighted by Crippen LogP contribution is -2.36. The maximum Gasteiger partial charge on any atom is 0.243 e. The van der Waals surface area contributed by atoms with Crippen molar-refractivity contribution >= 4 is 17.4 Å². The van der Waals surface area contributed by atoms with Gasteiger partial charge in [-0.05, 0) is 30.2 Å². The molecule has 174 valence electrons.